The van der Waals surface area contributed by atoms with E-state index >= 15 is 0 Å². The Hall–Kier alpha value is -2.08. The lowest BCUT2D eigenvalue weighted by atomic mass is 9.74. The summed E-state index contributed by atoms with van der Waals surface area (Å²) in [4.78, 5) is 26.6. The number of carbonyl (C=O) groups excluding carboxylic acids is 1. The van der Waals surface area contributed by atoms with Crippen LogP contribution in [0.3, 0.4) is 0 Å². The quantitative estimate of drug-likeness (QED) is 0.628. The molecule has 0 spiro atoms. The second-order valence-electron chi connectivity index (χ2n) is 7.68. The molecule has 0 saturated carbocycles. The lowest BCUT2D eigenvalue weighted by molar-refractivity contribution is -0.153. The summed E-state index contributed by atoms with van der Waals surface area (Å²) in [6.45, 7) is 1.71. The monoisotopic (exact) mass is 449 g/mol. The fraction of sp³-hybridized carbons (Fsp3) is 0.391. The first-order valence-electron chi connectivity index (χ1n) is 10.0. The fourth-order valence-electron chi connectivity index (χ4n) is 4.39. The lowest BCUT2D eigenvalue weighted by Crippen LogP contribution is -2.53. The van der Waals surface area contributed by atoms with Crippen LogP contribution < -0.4 is 0 Å². The van der Waals surface area contributed by atoms with E-state index in [1.807, 2.05) is 37.3 Å². The molecular weight excluding hydrogens is 425 g/mol. The standard InChI is InChI=1S/C23H25Cl2NO4/c1-2-19(13-27)26-22(14-6-8-17(24)9-7-14)20(15-4-3-5-18(25)10-15)11-16(23(26)30)12-21(28)29/h3-10,16,19-20,22,27H,2,11-13H2,1H3,(H,28,29). The zero-order valence-electron chi connectivity index (χ0n) is 16.7. The second-order valence-corrected chi connectivity index (χ2v) is 8.55. The number of piperidine rings is 1. The highest BCUT2D eigenvalue weighted by atomic mass is 35.5. The Morgan fingerprint density at radius 3 is 2.40 bits per heavy atom. The summed E-state index contributed by atoms with van der Waals surface area (Å²) in [5.41, 5.74) is 1.82. The molecular formula is C23H25Cl2NO4. The molecule has 1 amide bonds. The normalized spacial score (nSPS) is 22.7. The largest absolute Gasteiger partial charge is 0.481 e. The number of hydrogen-bond acceptors (Lipinski definition) is 3. The summed E-state index contributed by atoms with van der Waals surface area (Å²) in [7, 11) is 0. The van der Waals surface area contributed by atoms with Crippen LogP contribution in [0.4, 0.5) is 0 Å². The molecule has 0 bridgehead atoms. The predicted molar refractivity (Wildman–Crippen MR) is 117 cm³/mol. The average Bonchev–Trinajstić information content (AvgIpc) is 2.71. The Balaban J connectivity index is 2.16. The molecule has 0 aromatic heterocycles. The molecule has 0 radical (unpaired) electrons. The maximum absolute atomic E-state index is 13.4. The number of rotatable bonds is 7. The molecule has 3 rings (SSSR count). The first-order valence-corrected chi connectivity index (χ1v) is 10.8. The molecule has 7 heteroatoms. The third-order valence-corrected chi connectivity index (χ3v) is 6.29. The zero-order valence-corrected chi connectivity index (χ0v) is 18.2. The predicted octanol–water partition coefficient (Wildman–Crippen LogP) is 4.91. The van der Waals surface area contributed by atoms with Crippen molar-refractivity contribution in [1.82, 2.24) is 4.90 Å². The average molecular weight is 450 g/mol. The Morgan fingerprint density at radius 2 is 1.83 bits per heavy atom. The minimum atomic E-state index is -1.01. The van der Waals surface area contributed by atoms with Crippen molar-refractivity contribution in [2.45, 2.75) is 44.2 Å². The number of carbonyl (C=O) groups is 2. The van der Waals surface area contributed by atoms with Crippen LogP contribution in [0.2, 0.25) is 10.0 Å². The van der Waals surface area contributed by atoms with Gasteiger partial charge < -0.3 is 15.1 Å². The minimum Gasteiger partial charge on any atom is -0.481 e. The van der Waals surface area contributed by atoms with Crippen molar-refractivity contribution in [1.29, 1.82) is 0 Å². The van der Waals surface area contributed by atoms with Crippen molar-refractivity contribution in [3.63, 3.8) is 0 Å². The Bertz CT molecular complexity index is 898. The third kappa shape index (κ3) is 4.80. The summed E-state index contributed by atoms with van der Waals surface area (Å²) in [6.07, 6.45) is 0.688. The highest BCUT2D eigenvalue weighted by molar-refractivity contribution is 6.30. The number of amides is 1. The van der Waals surface area contributed by atoms with Gasteiger partial charge in [-0.05, 0) is 48.2 Å². The summed E-state index contributed by atoms with van der Waals surface area (Å²) in [6, 6.07) is 14.0. The van der Waals surface area contributed by atoms with E-state index < -0.39 is 17.9 Å². The molecule has 0 aliphatic carbocycles. The number of aliphatic carboxylic acids is 1. The molecule has 2 N–H and O–H groups in total. The van der Waals surface area contributed by atoms with Gasteiger partial charge in [-0.15, -0.1) is 0 Å². The van der Waals surface area contributed by atoms with Gasteiger partial charge in [-0.2, -0.15) is 0 Å². The van der Waals surface area contributed by atoms with Crippen LogP contribution in [0.25, 0.3) is 0 Å². The molecule has 2 aromatic carbocycles. The van der Waals surface area contributed by atoms with Gasteiger partial charge in [-0.25, -0.2) is 0 Å². The van der Waals surface area contributed by atoms with Crippen molar-refractivity contribution in [3.8, 4) is 0 Å². The van der Waals surface area contributed by atoms with Crippen LogP contribution in [-0.4, -0.2) is 39.6 Å². The van der Waals surface area contributed by atoms with Gasteiger partial charge in [-0.1, -0.05) is 54.4 Å². The molecule has 2 aromatic rings. The van der Waals surface area contributed by atoms with Crippen LogP contribution in [0.1, 0.15) is 49.3 Å². The number of benzene rings is 2. The fourth-order valence-corrected chi connectivity index (χ4v) is 4.71. The number of likely N-dealkylation sites (tertiary alicyclic amines) is 1. The molecule has 1 heterocycles. The van der Waals surface area contributed by atoms with Gasteiger partial charge in [0.1, 0.15) is 0 Å². The number of halogens is 2. The zero-order chi connectivity index (χ0) is 21.8. The molecule has 1 saturated heterocycles. The van der Waals surface area contributed by atoms with Gasteiger partial charge in [0.15, 0.2) is 0 Å². The van der Waals surface area contributed by atoms with E-state index in [4.69, 9.17) is 23.2 Å². The summed E-state index contributed by atoms with van der Waals surface area (Å²) in [5, 5.41) is 20.6. The van der Waals surface area contributed by atoms with Gasteiger partial charge in [0.2, 0.25) is 5.91 Å². The van der Waals surface area contributed by atoms with E-state index in [0.717, 1.165) is 11.1 Å². The SMILES string of the molecule is CCC(CO)N1C(=O)C(CC(=O)O)CC(c2cccc(Cl)c2)C1c1ccc(Cl)cc1. The first-order chi connectivity index (χ1) is 14.3. The third-order valence-electron chi connectivity index (χ3n) is 5.81. The van der Waals surface area contributed by atoms with Gasteiger partial charge in [0.05, 0.1) is 25.1 Å². The summed E-state index contributed by atoms with van der Waals surface area (Å²) < 4.78 is 0. The smallest absolute Gasteiger partial charge is 0.304 e. The number of carboxylic acid groups (broad SMARTS) is 1. The van der Waals surface area contributed by atoms with Crippen LogP contribution in [-0.2, 0) is 9.59 Å². The Morgan fingerprint density at radius 1 is 1.13 bits per heavy atom. The molecule has 1 aliphatic heterocycles. The van der Waals surface area contributed by atoms with Gasteiger partial charge in [0.25, 0.3) is 0 Å². The van der Waals surface area contributed by atoms with E-state index in [0.29, 0.717) is 22.9 Å². The highest BCUT2D eigenvalue weighted by Crippen LogP contribution is 2.47. The van der Waals surface area contributed by atoms with Crippen molar-refractivity contribution in [3.05, 3.63) is 69.7 Å². The van der Waals surface area contributed by atoms with E-state index in [1.54, 1.807) is 23.1 Å². The van der Waals surface area contributed by atoms with Crippen LogP contribution >= 0.6 is 23.2 Å². The lowest BCUT2D eigenvalue weighted by Gasteiger charge is -2.48. The Labute approximate surface area is 186 Å². The number of hydrogen-bond donors (Lipinski definition) is 2. The van der Waals surface area contributed by atoms with Gasteiger partial charge in [-0.3, -0.25) is 9.59 Å². The van der Waals surface area contributed by atoms with E-state index in [2.05, 4.69) is 0 Å². The van der Waals surface area contributed by atoms with Crippen LogP contribution in [0, 0.1) is 5.92 Å². The van der Waals surface area contributed by atoms with E-state index in [-0.39, 0.29) is 30.9 Å². The number of aliphatic hydroxyl groups excluding tert-OH is 1. The maximum atomic E-state index is 13.4. The van der Waals surface area contributed by atoms with Crippen LogP contribution in [0.5, 0.6) is 0 Å². The second kappa shape index (κ2) is 9.82. The molecule has 1 fully saturated rings. The molecule has 30 heavy (non-hydrogen) atoms. The number of aliphatic hydroxyl groups is 1. The van der Waals surface area contributed by atoms with E-state index in [9.17, 15) is 19.8 Å². The minimum absolute atomic E-state index is 0.174. The molecule has 5 nitrogen and oxygen atoms in total. The first kappa shape index (κ1) is 22.6. The Kier molecular flexibility index (Phi) is 7.40. The highest BCUT2D eigenvalue weighted by Gasteiger charge is 2.45. The van der Waals surface area contributed by atoms with Crippen molar-refractivity contribution in [2.24, 2.45) is 5.92 Å². The molecule has 160 valence electrons. The molecule has 4 unspecified atom stereocenters. The summed E-state index contributed by atoms with van der Waals surface area (Å²) >= 11 is 12.3. The van der Waals surface area contributed by atoms with Crippen LogP contribution in [0.15, 0.2) is 48.5 Å². The van der Waals surface area contributed by atoms with Crippen molar-refractivity contribution in [2.75, 3.05) is 6.61 Å². The van der Waals surface area contributed by atoms with Gasteiger partial charge >= 0.3 is 5.97 Å². The van der Waals surface area contributed by atoms with E-state index in [1.165, 1.54) is 0 Å². The van der Waals surface area contributed by atoms with Gasteiger partial charge in [0, 0.05) is 21.9 Å². The maximum Gasteiger partial charge on any atom is 0.304 e. The number of nitrogens with zero attached hydrogens (tertiary/aromatic N) is 1. The van der Waals surface area contributed by atoms with Crippen molar-refractivity contribution >= 4 is 35.1 Å². The number of carboxylic acids is 1. The topological polar surface area (TPSA) is 77.8 Å². The summed E-state index contributed by atoms with van der Waals surface area (Å²) in [5.74, 6) is -2.10. The molecule has 1 aliphatic rings. The molecule has 4 atom stereocenters. The van der Waals surface area contributed by atoms with Crippen molar-refractivity contribution < 1.29 is 19.8 Å².